The van der Waals surface area contributed by atoms with Gasteiger partial charge >= 0.3 is 12.1 Å². The van der Waals surface area contributed by atoms with Gasteiger partial charge in [-0.2, -0.15) is 13.2 Å². The average Bonchev–Trinajstić information content (AvgIpc) is 3.07. The van der Waals surface area contributed by atoms with Crippen LogP contribution in [-0.2, 0) is 17.4 Å². The van der Waals surface area contributed by atoms with Gasteiger partial charge in [0.05, 0.1) is 22.7 Å². The topological polar surface area (TPSA) is 45.0 Å². The first-order chi connectivity index (χ1) is 14.3. The molecule has 0 atom stereocenters. The van der Waals surface area contributed by atoms with Crippen LogP contribution in [0.2, 0.25) is 5.02 Å². The van der Waals surface area contributed by atoms with Crippen LogP contribution in [0.25, 0.3) is 5.52 Å². The first kappa shape index (κ1) is 20.6. The lowest BCUT2D eigenvalue weighted by atomic mass is 9.97. The maximum absolute atomic E-state index is 13.5. The van der Waals surface area contributed by atoms with Crippen LogP contribution < -0.4 is 4.90 Å². The van der Waals surface area contributed by atoms with Gasteiger partial charge in [-0.3, -0.25) is 4.79 Å². The van der Waals surface area contributed by atoms with Crippen LogP contribution in [0.15, 0.2) is 48.7 Å². The maximum atomic E-state index is 13.5. The first-order valence-corrected chi connectivity index (χ1v) is 10.0. The van der Waals surface area contributed by atoms with E-state index in [2.05, 4.69) is 4.90 Å². The Balaban J connectivity index is 1.72. The van der Waals surface area contributed by atoms with Gasteiger partial charge in [-0.05, 0) is 48.7 Å². The number of pyridine rings is 1. The SMILES string of the molecule is O=C(O)C1CCN(c2cc(Cc3c(Cl)cccc3C(F)(F)F)n3ccccc23)CC1. The molecule has 0 amide bonds. The summed E-state index contributed by atoms with van der Waals surface area (Å²) in [5.41, 5.74) is 1.78. The Kier molecular flexibility index (Phi) is 5.40. The van der Waals surface area contributed by atoms with Gasteiger partial charge in [-0.15, -0.1) is 0 Å². The van der Waals surface area contributed by atoms with E-state index in [0.29, 0.717) is 31.6 Å². The predicted octanol–water partition coefficient (Wildman–Crippen LogP) is 5.50. The molecule has 1 N–H and O–H groups in total. The molecule has 8 heteroatoms. The van der Waals surface area contributed by atoms with Crippen molar-refractivity contribution in [3.05, 3.63) is 70.5 Å². The number of anilines is 1. The van der Waals surface area contributed by atoms with Crippen LogP contribution in [0.1, 0.15) is 29.7 Å². The molecule has 1 aromatic carbocycles. The Morgan fingerprint density at radius 3 is 2.53 bits per heavy atom. The highest BCUT2D eigenvalue weighted by Crippen LogP contribution is 2.37. The number of rotatable bonds is 4. The number of carboxylic acid groups (broad SMARTS) is 1. The smallest absolute Gasteiger partial charge is 0.416 e. The molecular formula is C22H20ClF3N2O2. The number of hydrogen-bond donors (Lipinski definition) is 1. The number of fused-ring (bicyclic) bond motifs is 1. The lowest BCUT2D eigenvalue weighted by Gasteiger charge is -2.31. The highest BCUT2D eigenvalue weighted by atomic mass is 35.5. The number of piperidine rings is 1. The van der Waals surface area contributed by atoms with Crippen molar-refractivity contribution in [1.82, 2.24) is 4.40 Å². The summed E-state index contributed by atoms with van der Waals surface area (Å²) in [6.45, 7) is 1.18. The van der Waals surface area contributed by atoms with E-state index in [1.165, 1.54) is 12.1 Å². The van der Waals surface area contributed by atoms with E-state index >= 15 is 0 Å². The summed E-state index contributed by atoms with van der Waals surface area (Å²) in [5, 5.41) is 9.31. The molecule has 3 heterocycles. The minimum atomic E-state index is -4.49. The second-order valence-corrected chi connectivity index (χ2v) is 7.92. The molecule has 1 saturated heterocycles. The minimum absolute atomic E-state index is 0.0330. The summed E-state index contributed by atoms with van der Waals surface area (Å²) in [7, 11) is 0. The molecule has 0 radical (unpaired) electrons. The molecule has 4 rings (SSSR count). The minimum Gasteiger partial charge on any atom is -0.481 e. The van der Waals surface area contributed by atoms with Crippen molar-refractivity contribution in [2.24, 2.45) is 5.92 Å². The van der Waals surface area contributed by atoms with Gasteiger partial charge in [0.1, 0.15) is 0 Å². The number of alkyl halides is 3. The van der Waals surface area contributed by atoms with E-state index in [-0.39, 0.29) is 22.9 Å². The number of aromatic nitrogens is 1. The fourth-order valence-electron chi connectivity index (χ4n) is 4.15. The number of aliphatic carboxylic acids is 1. The van der Waals surface area contributed by atoms with Gasteiger partial charge < -0.3 is 14.4 Å². The highest BCUT2D eigenvalue weighted by molar-refractivity contribution is 6.31. The first-order valence-electron chi connectivity index (χ1n) is 9.67. The Morgan fingerprint density at radius 2 is 1.87 bits per heavy atom. The van der Waals surface area contributed by atoms with E-state index in [1.54, 1.807) is 0 Å². The fourth-order valence-corrected chi connectivity index (χ4v) is 4.39. The van der Waals surface area contributed by atoms with Crippen LogP contribution in [0.4, 0.5) is 18.9 Å². The van der Waals surface area contributed by atoms with Crippen molar-refractivity contribution in [2.45, 2.75) is 25.4 Å². The number of halogens is 4. The summed E-state index contributed by atoms with van der Waals surface area (Å²) in [6.07, 6.45) is -1.56. The molecule has 1 fully saturated rings. The molecule has 0 spiro atoms. The zero-order valence-electron chi connectivity index (χ0n) is 16.0. The van der Waals surface area contributed by atoms with Crippen LogP contribution in [0.3, 0.4) is 0 Å². The number of hydrogen-bond acceptors (Lipinski definition) is 2. The summed E-state index contributed by atoms with van der Waals surface area (Å²) in [5.74, 6) is -1.14. The zero-order valence-corrected chi connectivity index (χ0v) is 16.7. The fraction of sp³-hybridized carbons (Fsp3) is 0.318. The number of carbonyl (C=O) groups is 1. The van der Waals surface area contributed by atoms with Gasteiger partial charge in [0.15, 0.2) is 0 Å². The third kappa shape index (κ3) is 3.86. The number of benzene rings is 1. The molecule has 0 unspecified atom stereocenters. The Bertz CT molecular complexity index is 1090. The van der Waals surface area contributed by atoms with Crippen molar-refractivity contribution in [3.63, 3.8) is 0 Å². The van der Waals surface area contributed by atoms with E-state index < -0.39 is 17.7 Å². The van der Waals surface area contributed by atoms with Gasteiger partial charge in [-0.25, -0.2) is 0 Å². The molecule has 4 nitrogen and oxygen atoms in total. The standard InChI is InChI=1S/C22H20ClF3N2O2/c23-18-5-3-4-17(22(24,25)26)16(18)12-15-13-20(19-6-1-2-9-28(15)19)27-10-7-14(8-11-27)21(29)30/h1-6,9,13-14H,7-8,10-12H2,(H,29,30). The number of nitrogens with zero attached hydrogens (tertiary/aromatic N) is 2. The largest absolute Gasteiger partial charge is 0.481 e. The quantitative estimate of drug-likeness (QED) is 0.587. The molecular weight excluding hydrogens is 417 g/mol. The van der Waals surface area contributed by atoms with Gasteiger partial charge in [0.2, 0.25) is 0 Å². The molecule has 0 bridgehead atoms. The van der Waals surface area contributed by atoms with Gasteiger partial charge in [-0.1, -0.05) is 23.7 Å². The van der Waals surface area contributed by atoms with E-state index in [1.807, 2.05) is 34.9 Å². The van der Waals surface area contributed by atoms with Crippen LogP contribution in [0.5, 0.6) is 0 Å². The van der Waals surface area contributed by atoms with Crippen molar-refractivity contribution < 1.29 is 23.1 Å². The Hall–Kier alpha value is -2.67. The number of carboxylic acids is 1. The van der Waals surface area contributed by atoms with Gasteiger partial charge in [0.25, 0.3) is 0 Å². The molecule has 0 saturated carbocycles. The third-order valence-corrected chi connectivity index (χ3v) is 6.06. The third-order valence-electron chi connectivity index (χ3n) is 5.70. The monoisotopic (exact) mass is 436 g/mol. The highest BCUT2D eigenvalue weighted by Gasteiger charge is 2.34. The summed E-state index contributed by atoms with van der Waals surface area (Å²) < 4.78 is 42.4. The zero-order chi connectivity index (χ0) is 21.5. The molecule has 3 aromatic rings. The summed E-state index contributed by atoms with van der Waals surface area (Å²) in [6, 6.07) is 11.3. The predicted molar refractivity (Wildman–Crippen MR) is 109 cm³/mol. The molecule has 1 aliphatic heterocycles. The van der Waals surface area contributed by atoms with E-state index in [0.717, 1.165) is 17.3 Å². The normalized spacial score (nSPS) is 15.7. The molecule has 1 aliphatic rings. The average molecular weight is 437 g/mol. The summed E-state index contributed by atoms with van der Waals surface area (Å²) >= 11 is 6.16. The lowest BCUT2D eigenvalue weighted by Crippen LogP contribution is -2.36. The Morgan fingerprint density at radius 1 is 1.13 bits per heavy atom. The molecule has 0 aliphatic carbocycles. The summed E-state index contributed by atoms with van der Waals surface area (Å²) in [4.78, 5) is 13.3. The van der Waals surface area contributed by atoms with E-state index in [4.69, 9.17) is 11.6 Å². The van der Waals surface area contributed by atoms with Crippen LogP contribution in [0, 0.1) is 5.92 Å². The van der Waals surface area contributed by atoms with Crippen LogP contribution >= 0.6 is 11.6 Å². The van der Waals surface area contributed by atoms with Crippen molar-refractivity contribution in [2.75, 3.05) is 18.0 Å². The molecule has 158 valence electrons. The molecule has 30 heavy (non-hydrogen) atoms. The van der Waals surface area contributed by atoms with Crippen molar-refractivity contribution in [1.29, 1.82) is 0 Å². The van der Waals surface area contributed by atoms with E-state index in [9.17, 15) is 23.1 Å². The molecule has 2 aromatic heterocycles. The van der Waals surface area contributed by atoms with Crippen molar-refractivity contribution >= 4 is 28.8 Å². The Labute approximate surface area is 176 Å². The van der Waals surface area contributed by atoms with Gasteiger partial charge in [0, 0.05) is 36.4 Å². The van der Waals surface area contributed by atoms with Crippen molar-refractivity contribution in [3.8, 4) is 0 Å². The second kappa shape index (κ2) is 7.87. The maximum Gasteiger partial charge on any atom is 0.416 e. The second-order valence-electron chi connectivity index (χ2n) is 7.52. The lowest BCUT2D eigenvalue weighted by molar-refractivity contribution is -0.142. The van der Waals surface area contributed by atoms with Crippen LogP contribution in [-0.4, -0.2) is 28.6 Å².